The van der Waals surface area contributed by atoms with Crippen molar-refractivity contribution in [3.05, 3.63) is 0 Å². The summed E-state index contributed by atoms with van der Waals surface area (Å²) >= 11 is 0. The van der Waals surface area contributed by atoms with Crippen LogP contribution in [0.4, 0.5) is 0 Å². The van der Waals surface area contributed by atoms with Crippen LogP contribution in [0.3, 0.4) is 0 Å². The number of likely N-dealkylation sites (tertiary alicyclic amines) is 1. The van der Waals surface area contributed by atoms with Crippen molar-refractivity contribution in [1.29, 1.82) is 0 Å². The summed E-state index contributed by atoms with van der Waals surface area (Å²) < 4.78 is 0. The standard InChI is InChI=1S/C13H26N2O/c1-14(9-10-15-7-2-3-8-15)11-12-5-4-6-13(12)16/h12-13,16H,2-11H2,1H3. The lowest BCUT2D eigenvalue weighted by molar-refractivity contribution is 0.106. The Labute approximate surface area is 99.4 Å². The summed E-state index contributed by atoms with van der Waals surface area (Å²) in [6.07, 6.45) is 6.18. The van der Waals surface area contributed by atoms with Crippen molar-refractivity contribution in [2.45, 2.75) is 38.2 Å². The summed E-state index contributed by atoms with van der Waals surface area (Å²) in [6, 6.07) is 0. The summed E-state index contributed by atoms with van der Waals surface area (Å²) in [5, 5.41) is 9.78. The predicted octanol–water partition coefficient (Wildman–Crippen LogP) is 1.17. The third-order valence-electron chi connectivity index (χ3n) is 4.16. The fourth-order valence-electron chi connectivity index (χ4n) is 3.04. The third-order valence-corrected chi connectivity index (χ3v) is 4.16. The van der Waals surface area contributed by atoms with E-state index in [2.05, 4.69) is 16.8 Å². The van der Waals surface area contributed by atoms with Gasteiger partial charge >= 0.3 is 0 Å². The van der Waals surface area contributed by atoms with Gasteiger partial charge in [-0.15, -0.1) is 0 Å². The highest BCUT2D eigenvalue weighted by molar-refractivity contribution is 4.79. The number of likely N-dealkylation sites (N-methyl/N-ethyl adjacent to an activating group) is 1. The van der Waals surface area contributed by atoms with E-state index in [1.165, 1.54) is 45.3 Å². The Hall–Kier alpha value is -0.120. The van der Waals surface area contributed by atoms with Crippen LogP contribution in [0.25, 0.3) is 0 Å². The summed E-state index contributed by atoms with van der Waals surface area (Å²) in [7, 11) is 2.20. The smallest absolute Gasteiger partial charge is 0.0580 e. The topological polar surface area (TPSA) is 26.7 Å². The molecule has 1 saturated heterocycles. The maximum absolute atomic E-state index is 9.78. The summed E-state index contributed by atoms with van der Waals surface area (Å²) in [4.78, 5) is 4.96. The molecule has 3 heteroatoms. The fourth-order valence-corrected chi connectivity index (χ4v) is 3.04. The molecule has 3 nitrogen and oxygen atoms in total. The van der Waals surface area contributed by atoms with Crippen molar-refractivity contribution < 1.29 is 5.11 Å². The normalized spacial score (nSPS) is 31.7. The highest BCUT2D eigenvalue weighted by Crippen LogP contribution is 2.25. The van der Waals surface area contributed by atoms with Gasteiger partial charge in [0.2, 0.25) is 0 Å². The van der Waals surface area contributed by atoms with Crippen molar-refractivity contribution in [3.8, 4) is 0 Å². The second-order valence-electron chi connectivity index (χ2n) is 5.57. The van der Waals surface area contributed by atoms with E-state index < -0.39 is 0 Å². The zero-order chi connectivity index (χ0) is 11.4. The largest absolute Gasteiger partial charge is 0.393 e. The lowest BCUT2D eigenvalue weighted by atomic mass is 10.1. The predicted molar refractivity (Wildman–Crippen MR) is 66.5 cm³/mol. The van der Waals surface area contributed by atoms with E-state index in [9.17, 15) is 5.11 Å². The lowest BCUT2D eigenvalue weighted by Gasteiger charge is -2.25. The van der Waals surface area contributed by atoms with E-state index in [1.807, 2.05) is 0 Å². The molecule has 0 spiro atoms. The average Bonchev–Trinajstić information content (AvgIpc) is 2.88. The van der Waals surface area contributed by atoms with Crippen molar-refractivity contribution in [2.75, 3.05) is 39.8 Å². The molecule has 2 aliphatic rings. The van der Waals surface area contributed by atoms with E-state index in [1.54, 1.807) is 0 Å². The highest BCUT2D eigenvalue weighted by atomic mass is 16.3. The Morgan fingerprint density at radius 1 is 1.19 bits per heavy atom. The molecule has 0 radical (unpaired) electrons. The van der Waals surface area contributed by atoms with E-state index in [0.717, 1.165) is 19.5 Å². The van der Waals surface area contributed by atoms with Gasteiger partial charge in [0.05, 0.1) is 6.10 Å². The van der Waals surface area contributed by atoms with Crippen LogP contribution < -0.4 is 0 Å². The van der Waals surface area contributed by atoms with Gasteiger partial charge in [-0.25, -0.2) is 0 Å². The number of nitrogens with zero attached hydrogens (tertiary/aromatic N) is 2. The van der Waals surface area contributed by atoms with Crippen LogP contribution in [0.5, 0.6) is 0 Å². The average molecular weight is 226 g/mol. The van der Waals surface area contributed by atoms with E-state index in [0.29, 0.717) is 5.92 Å². The molecule has 1 heterocycles. The Balaban J connectivity index is 1.61. The number of hydrogen-bond acceptors (Lipinski definition) is 3. The van der Waals surface area contributed by atoms with Gasteiger partial charge in [0.15, 0.2) is 0 Å². The first kappa shape index (κ1) is 12.3. The Morgan fingerprint density at radius 2 is 1.94 bits per heavy atom. The number of rotatable bonds is 5. The zero-order valence-corrected chi connectivity index (χ0v) is 10.6. The molecular weight excluding hydrogens is 200 g/mol. The molecule has 0 aromatic heterocycles. The molecule has 2 atom stereocenters. The minimum atomic E-state index is -0.0331. The van der Waals surface area contributed by atoms with Gasteiger partial charge in [-0.2, -0.15) is 0 Å². The minimum absolute atomic E-state index is 0.0331. The van der Waals surface area contributed by atoms with Crippen molar-refractivity contribution in [1.82, 2.24) is 9.80 Å². The molecular formula is C13H26N2O. The fraction of sp³-hybridized carbons (Fsp3) is 1.00. The second kappa shape index (κ2) is 5.99. The molecule has 1 aliphatic carbocycles. The van der Waals surface area contributed by atoms with E-state index >= 15 is 0 Å². The van der Waals surface area contributed by atoms with Crippen LogP contribution in [-0.2, 0) is 0 Å². The van der Waals surface area contributed by atoms with Gasteiger partial charge in [0, 0.05) is 19.6 Å². The first-order valence-electron chi connectivity index (χ1n) is 6.84. The lowest BCUT2D eigenvalue weighted by Crippen LogP contribution is -2.35. The molecule has 2 unspecified atom stereocenters. The van der Waals surface area contributed by atoms with Crippen molar-refractivity contribution in [2.24, 2.45) is 5.92 Å². The van der Waals surface area contributed by atoms with Gasteiger partial charge in [0.1, 0.15) is 0 Å². The Bertz CT molecular complexity index is 204. The zero-order valence-electron chi connectivity index (χ0n) is 10.6. The van der Waals surface area contributed by atoms with Crippen LogP contribution in [0.2, 0.25) is 0 Å². The molecule has 16 heavy (non-hydrogen) atoms. The Kier molecular flexibility index (Phi) is 4.62. The number of hydrogen-bond donors (Lipinski definition) is 1. The molecule has 2 rings (SSSR count). The molecule has 0 amide bonds. The van der Waals surface area contributed by atoms with Gasteiger partial charge in [0.25, 0.3) is 0 Å². The van der Waals surface area contributed by atoms with Crippen LogP contribution in [-0.4, -0.2) is 60.8 Å². The maximum atomic E-state index is 9.78. The van der Waals surface area contributed by atoms with Crippen LogP contribution in [0.1, 0.15) is 32.1 Å². The molecule has 1 saturated carbocycles. The molecule has 0 aromatic rings. The summed E-state index contributed by atoms with van der Waals surface area (Å²) in [6.45, 7) is 6.03. The van der Waals surface area contributed by atoms with Crippen LogP contribution in [0, 0.1) is 5.92 Å². The molecule has 94 valence electrons. The Morgan fingerprint density at radius 3 is 2.56 bits per heavy atom. The van der Waals surface area contributed by atoms with Crippen LogP contribution in [0.15, 0.2) is 0 Å². The number of aliphatic hydroxyl groups is 1. The third kappa shape index (κ3) is 3.44. The monoisotopic (exact) mass is 226 g/mol. The summed E-state index contributed by atoms with van der Waals surface area (Å²) in [5.41, 5.74) is 0. The first-order chi connectivity index (χ1) is 7.75. The van der Waals surface area contributed by atoms with Gasteiger partial charge < -0.3 is 14.9 Å². The van der Waals surface area contributed by atoms with Gasteiger partial charge in [-0.3, -0.25) is 0 Å². The molecule has 2 fully saturated rings. The van der Waals surface area contributed by atoms with Crippen LogP contribution >= 0.6 is 0 Å². The molecule has 0 aromatic carbocycles. The van der Waals surface area contributed by atoms with E-state index in [-0.39, 0.29) is 6.10 Å². The first-order valence-corrected chi connectivity index (χ1v) is 6.84. The van der Waals surface area contributed by atoms with E-state index in [4.69, 9.17) is 0 Å². The van der Waals surface area contributed by atoms with Crippen molar-refractivity contribution >= 4 is 0 Å². The number of aliphatic hydroxyl groups excluding tert-OH is 1. The SMILES string of the molecule is CN(CCN1CCCC1)CC1CCCC1O. The maximum Gasteiger partial charge on any atom is 0.0580 e. The van der Waals surface area contributed by atoms with Gasteiger partial charge in [-0.05, 0) is 51.7 Å². The van der Waals surface area contributed by atoms with Crippen molar-refractivity contribution in [3.63, 3.8) is 0 Å². The second-order valence-corrected chi connectivity index (χ2v) is 5.57. The highest BCUT2D eigenvalue weighted by Gasteiger charge is 2.26. The molecule has 1 aliphatic heterocycles. The quantitative estimate of drug-likeness (QED) is 0.762. The minimum Gasteiger partial charge on any atom is -0.393 e. The molecule has 1 N–H and O–H groups in total. The van der Waals surface area contributed by atoms with Gasteiger partial charge in [-0.1, -0.05) is 6.42 Å². The molecule has 0 bridgehead atoms. The summed E-state index contributed by atoms with van der Waals surface area (Å²) in [5.74, 6) is 0.531.